The van der Waals surface area contributed by atoms with E-state index in [4.69, 9.17) is 20.9 Å². The Labute approximate surface area is 324 Å². The van der Waals surface area contributed by atoms with Gasteiger partial charge in [-0.1, -0.05) is 176 Å². The first-order valence-corrected chi connectivity index (χ1v) is 15.9. The molecule has 51 heavy (non-hydrogen) atoms. The van der Waals surface area contributed by atoms with Crippen molar-refractivity contribution < 1.29 is 31.8 Å². The van der Waals surface area contributed by atoms with Crippen molar-refractivity contribution in [2.45, 2.75) is 0 Å². The highest BCUT2D eigenvalue weighted by Crippen LogP contribution is 2.47. The maximum Gasteiger partial charge on any atom is 0.136 e. The molecule has 0 saturated carbocycles. The van der Waals surface area contributed by atoms with Crippen LogP contribution in [-0.2, 0) is 0 Å². The van der Waals surface area contributed by atoms with Crippen LogP contribution in [0.3, 0.4) is 0 Å². The Kier molecular flexibility index (Phi) is 3.64. The maximum atomic E-state index is 9.50. The largest absolute Gasteiger partial charge is 0.456 e. The maximum absolute atomic E-state index is 9.50. The van der Waals surface area contributed by atoms with E-state index < -0.39 is 132 Å². The number of fused-ring (bicyclic) bond motifs is 5. The van der Waals surface area contributed by atoms with Gasteiger partial charge >= 0.3 is 0 Å². The standard InChI is InChI=1S/C50H32O/c1-3-12-33(13-4-1)35-22-24-36(25-23-35)37-26-28-38(29-27-37)48-40-16-7-9-18-42(40)49(43-19-10-8-17-41(43)48)45-20-11-21-46-50(45)44-31-30-39(32-47(44)51-46)34-14-5-2-6-15-34/h1-32H/i1D,2D,3D,4D,5D,6D,11D,12D,13D,14D,15D,20D,21D,26D,27D,28D,29D,30D,31D,32D. The summed E-state index contributed by atoms with van der Waals surface area (Å²) < 4.78 is 182. The minimum atomic E-state index is -0.724. The van der Waals surface area contributed by atoms with Gasteiger partial charge < -0.3 is 4.42 Å². The molecule has 0 radical (unpaired) electrons. The highest BCUT2D eigenvalue weighted by Gasteiger charge is 2.20. The van der Waals surface area contributed by atoms with Crippen LogP contribution in [0.4, 0.5) is 0 Å². The molecule has 1 nitrogen and oxygen atoms in total. The Morgan fingerprint density at radius 2 is 0.824 bits per heavy atom. The Morgan fingerprint density at radius 1 is 0.333 bits per heavy atom. The fourth-order valence-electron chi connectivity index (χ4n) is 6.58. The van der Waals surface area contributed by atoms with Crippen molar-refractivity contribution in [3.8, 4) is 55.6 Å². The minimum absolute atomic E-state index is 0.0245. The van der Waals surface area contributed by atoms with E-state index in [0.717, 1.165) is 0 Å². The van der Waals surface area contributed by atoms with Crippen molar-refractivity contribution in [3.63, 3.8) is 0 Å². The van der Waals surface area contributed by atoms with E-state index in [2.05, 4.69) is 0 Å². The zero-order valence-corrected chi connectivity index (χ0v) is 26.3. The van der Waals surface area contributed by atoms with E-state index in [1.807, 2.05) is 0 Å². The fraction of sp³-hybridized carbons (Fsp3) is 0. The van der Waals surface area contributed by atoms with E-state index >= 15 is 0 Å². The number of hydrogen-bond donors (Lipinski definition) is 0. The zero-order valence-electron chi connectivity index (χ0n) is 46.3. The fourth-order valence-corrected chi connectivity index (χ4v) is 6.58. The zero-order chi connectivity index (χ0) is 51.1. The summed E-state index contributed by atoms with van der Waals surface area (Å²) in [6, 6.07) is 8.36. The Balaban J connectivity index is 1.24. The quantitative estimate of drug-likeness (QED) is 0.166. The van der Waals surface area contributed by atoms with Crippen molar-refractivity contribution >= 4 is 43.5 Å². The highest BCUT2D eigenvalue weighted by molar-refractivity contribution is 6.25. The Morgan fingerprint density at radius 3 is 1.41 bits per heavy atom. The summed E-state index contributed by atoms with van der Waals surface area (Å²) in [6.45, 7) is 0. The smallest absolute Gasteiger partial charge is 0.136 e. The minimum Gasteiger partial charge on any atom is -0.456 e. The Hall–Kier alpha value is -6.70. The highest BCUT2D eigenvalue weighted by atomic mass is 16.3. The lowest BCUT2D eigenvalue weighted by Crippen LogP contribution is -1.91. The second-order valence-electron chi connectivity index (χ2n) is 11.7. The summed E-state index contributed by atoms with van der Waals surface area (Å²) in [4.78, 5) is 0. The lowest BCUT2D eigenvalue weighted by molar-refractivity contribution is 0.669. The molecule has 0 spiro atoms. The molecule has 238 valence electrons. The molecule has 0 unspecified atom stereocenters. The molecule has 0 aliphatic carbocycles. The summed E-state index contributed by atoms with van der Waals surface area (Å²) in [5.41, 5.74) is -0.785. The van der Waals surface area contributed by atoms with Crippen molar-refractivity contribution in [2.24, 2.45) is 0 Å². The lowest BCUT2D eigenvalue weighted by Gasteiger charge is -2.18. The summed E-state index contributed by atoms with van der Waals surface area (Å²) in [7, 11) is 0. The van der Waals surface area contributed by atoms with Crippen LogP contribution in [0.25, 0.3) is 99.1 Å². The molecule has 10 rings (SSSR count). The Bertz CT molecular complexity index is 3900. The van der Waals surface area contributed by atoms with Crippen LogP contribution in [0.15, 0.2) is 198 Å². The van der Waals surface area contributed by atoms with Crippen LogP contribution in [-0.4, -0.2) is 0 Å². The van der Waals surface area contributed by atoms with E-state index in [9.17, 15) is 11.0 Å². The van der Waals surface area contributed by atoms with Gasteiger partial charge in [0.1, 0.15) is 11.2 Å². The van der Waals surface area contributed by atoms with Gasteiger partial charge in [-0.3, -0.25) is 0 Å². The van der Waals surface area contributed by atoms with Crippen LogP contribution in [0.2, 0.25) is 0 Å². The first kappa shape index (κ1) is 15.5. The van der Waals surface area contributed by atoms with Gasteiger partial charge in [-0.15, -0.1) is 0 Å². The molecule has 1 heterocycles. The number of hydrogen-bond acceptors (Lipinski definition) is 1. The average Bonchev–Trinajstić information content (AvgIpc) is 3.77. The molecule has 0 atom stereocenters. The van der Waals surface area contributed by atoms with Gasteiger partial charge in [0.2, 0.25) is 0 Å². The second-order valence-corrected chi connectivity index (χ2v) is 11.7. The van der Waals surface area contributed by atoms with E-state index in [-0.39, 0.29) is 66.4 Å². The third-order valence-electron chi connectivity index (χ3n) is 8.84. The molecule has 0 N–H and O–H groups in total. The van der Waals surface area contributed by atoms with Crippen LogP contribution < -0.4 is 0 Å². The molecule has 0 fully saturated rings. The molecule has 1 heteroatoms. The summed E-state index contributed by atoms with van der Waals surface area (Å²) in [5.74, 6) is 0. The van der Waals surface area contributed by atoms with Gasteiger partial charge in [0, 0.05) is 10.8 Å². The first-order valence-electron chi connectivity index (χ1n) is 25.9. The van der Waals surface area contributed by atoms with Gasteiger partial charge in [0.15, 0.2) is 0 Å². The van der Waals surface area contributed by atoms with Crippen LogP contribution in [0.5, 0.6) is 0 Å². The third kappa shape index (κ3) is 4.94. The molecule has 0 aliphatic heterocycles. The molecular formula is C50H32O. The van der Waals surface area contributed by atoms with Gasteiger partial charge in [0.05, 0.1) is 27.4 Å². The molecule has 9 aromatic carbocycles. The van der Waals surface area contributed by atoms with E-state index in [1.54, 1.807) is 48.5 Å². The van der Waals surface area contributed by atoms with E-state index in [0.29, 0.717) is 21.5 Å². The molecule has 0 aliphatic rings. The number of benzene rings is 9. The molecular weight excluding hydrogens is 617 g/mol. The lowest BCUT2D eigenvalue weighted by atomic mass is 9.84. The average molecular weight is 669 g/mol. The SMILES string of the molecule is [2H]c1c([2H])c([2H])c(-c2ccc(-c3c([2H])c([2H])c(-c4c5ccccc5c(-c5c([2H])c([2H])c([2H])c6oc7c([2H])c(-c8c([2H])c([2H])c([2H])c([2H])c8[2H])c([2H])c([2H])c7c56)c5ccccc45)c([2H])c3[2H])cc2)c([2H])c1[2H]. The second kappa shape index (κ2) is 12.0. The van der Waals surface area contributed by atoms with Crippen molar-refractivity contribution in [1.82, 2.24) is 0 Å². The van der Waals surface area contributed by atoms with Gasteiger partial charge in [0.25, 0.3) is 0 Å². The van der Waals surface area contributed by atoms with Crippen molar-refractivity contribution in [2.75, 3.05) is 0 Å². The number of furan rings is 1. The molecule has 1 aromatic heterocycles. The molecule has 0 amide bonds. The number of rotatable bonds is 5. The molecule has 10 aromatic rings. The third-order valence-corrected chi connectivity index (χ3v) is 8.84. The van der Waals surface area contributed by atoms with Gasteiger partial charge in [-0.25, -0.2) is 0 Å². The summed E-state index contributed by atoms with van der Waals surface area (Å²) in [5, 5.41) is 1.27. The first-order chi connectivity index (χ1) is 33.6. The molecule has 0 saturated heterocycles. The van der Waals surface area contributed by atoms with Crippen LogP contribution in [0.1, 0.15) is 27.4 Å². The summed E-state index contributed by atoms with van der Waals surface area (Å²) >= 11 is 0. The van der Waals surface area contributed by atoms with Crippen molar-refractivity contribution in [3.05, 3.63) is 194 Å². The van der Waals surface area contributed by atoms with Crippen LogP contribution in [0, 0.1) is 0 Å². The molecule has 0 bridgehead atoms. The van der Waals surface area contributed by atoms with Crippen LogP contribution >= 0.6 is 0 Å². The van der Waals surface area contributed by atoms with E-state index in [1.165, 1.54) is 24.3 Å². The normalized spacial score (nSPS) is 17.0. The predicted octanol–water partition coefficient (Wildman–Crippen LogP) is 14.2. The monoisotopic (exact) mass is 668 g/mol. The summed E-state index contributed by atoms with van der Waals surface area (Å²) in [6.07, 6.45) is 0. The van der Waals surface area contributed by atoms with Gasteiger partial charge in [-0.05, 0) is 95.3 Å². The topological polar surface area (TPSA) is 13.1 Å². The van der Waals surface area contributed by atoms with Gasteiger partial charge in [-0.2, -0.15) is 0 Å². The predicted molar refractivity (Wildman–Crippen MR) is 216 cm³/mol. The van der Waals surface area contributed by atoms with Crippen molar-refractivity contribution in [1.29, 1.82) is 0 Å².